The van der Waals surface area contributed by atoms with Crippen molar-refractivity contribution in [1.29, 1.82) is 0 Å². The summed E-state index contributed by atoms with van der Waals surface area (Å²) in [6.07, 6.45) is 6.36. The molecule has 0 unspecified atom stereocenters. The molecule has 1 aliphatic heterocycles. The Hall–Kier alpha value is -2.04. The molecule has 24 heavy (non-hydrogen) atoms. The maximum Gasteiger partial charge on any atom is 0.257 e. The van der Waals surface area contributed by atoms with Gasteiger partial charge in [0.1, 0.15) is 5.75 Å². The van der Waals surface area contributed by atoms with Crippen LogP contribution in [0, 0.1) is 5.92 Å². The van der Waals surface area contributed by atoms with Gasteiger partial charge in [-0.2, -0.15) is 0 Å². The van der Waals surface area contributed by atoms with E-state index in [2.05, 4.69) is 0 Å². The zero-order valence-corrected chi connectivity index (χ0v) is 14.1. The van der Waals surface area contributed by atoms with E-state index in [9.17, 15) is 14.7 Å². The number of nitrogens with zero attached hydrogens (tertiary/aromatic N) is 2. The largest absolute Gasteiger partial charge is 0.507 e. The summed E-state index contributed by atoms with van der Waals surface area (Å²) in [6, 6.07) is 6.64. The maximum absolute atomic E-state index is 12.7. The van der Waals surface area contributed by atoms with Crippen molar-refractivity contribution in [2.45, 2.75) is 38.5 Å². The summed E-state index contributed by atoms with van der Waals surface area (Å²) in [4.78, 5) is 29.0. The predicted octanol–water partition coefficient (Wildman–Crippen LogP) is 2.65. The number of phenolic OH excluding ortho intramolecular Hbond substituents is 1. The summed E-state index contributed by atoms with van der Waals surface area (Å²) in [7, 11) is 0. The minimum absolute atomic E-state index is 0.0156. The first-order valence-corrected chi connectivity index (χ1v) is 9.03. The Balaban J connectivity index is 1.61. The van der Waals surface area contributed by atoms with Gasteiger partial charge in [-0.25, -0.2) is 0 Å². The van der Waals surface area contributed by atoms with Gasteiger partial charge >= 0.3 is 0 Å². The number of aromatic hydroxyl groups is 1. The number of hydrogen-bond donors (Lipinski definition) is 1. The van der Waals surface area contributed by atoms with Gasteiger partial charge in [0.05, 0.1) is 5.56 Å². The smallest absolute Gasteiger partial charge is 0.257 e. The number of para-hydroxylation sites is 1. The number of rotatable bonds is 2. The molecule has 0 radical (unpaired) electrons. The van der Waals surface area contributed by atoms with E-state index in [4.69, 9.17) is 0 Å². The number of hydrogen-bond acceptors (Lipinski definition) is 3. The van der Waals surface area contributed by atoms with Gasteiger partial charge in [-0.05, 0) is 31.4 Å². The average molecular weight is 330 g/mol. The zero-order chi connectivity index (χ0) is 16.9. The quantitative estimate of drug-likeness (QED) is 0.907. The highest BCUT2D eigenvalue weighted by atomic mass is 16.3. The van der Waals surface area contributed by atoms with Crippen molar-refractivity contribution < 1.29 is 14.7 Å². The Morgan fingerprint density at radius 2 is 1.54 bits per heavy atom. The molecule has 1 saturated heterocycles. The van der Waals surface area contributed by atoms with E-state index in [-0.39, 0.29) is 23.5 Å². The van der Waals surface area contributed by atoms with E-state index in [1.54, 1.807) is 23.1 Å². The fraction of sp³-hybridized carbons (Fsp3) is 0.579. The van der Waals surface area contributed by atoms with E-state index in [0.29, 0.717) is 25.2 Å². The Kier molecular flexibility index (Phi) is 5.38. The highest BCUT2D eigenvalue weighted by molar-refractivity contribution is 5.96. The lowest BCUT2D eigenvalue weighted by atomic mass is 9.88. The Bertz CT molecular complexity index is 596. The van der Waals surface area contributed by atoms with E-state index < -0.39 is 0 Å². The fourth-order valence-corrected chi connectivity index (χ4v) is 3.77. The molecule has 0 atom stereocenters. The van der Waals surface area contributed by atoms with Crippen molar-refractivity contribution in [3.05, 3.63) is 29.8 Å². The van der Waals surface area contributed by atoms with Crippen LogP contribution in [0.1, 0.15) is 48.9 Å². The lowest BCUT2D eigenvalue weighted by Gasteiger charge is -2.28. The highest BCUT2D eigenvalue weighted by Gasteiger charge is 2.28. The van der Waals surface area contributed by atoms with Crippen molar-refractivity contribution in [1.82, 2.24) is 9.80 Å². The maximum atomic E-state index is 12.7. The first-order valence-electron chi connectivity index (χ1n) is 9.03. The molecule has 1 aromatic rings. The normalized spacial score (nSPS) is 19.8. The predicted molar refractivity (Wildman–Crippen MR) is 91.8 cm³/mol. The van der Waals surface area contributed by atoms with Crippen LogP contribution in [0.4, 0.5) is 0 Å². The van der Waals surface area contributed by atoms with Crippen LogP contribution in [0.2, 0.25) is 0 Å². The van der Waals surface area contributed by atoms with Gasteiger partial charge in [-0.3, -0.25) is 9.59 Å². The number of amides is 2. The Morgan fingerprint density at radius 3 is 2.29 bits per heavy atom. The first kappa shape index (κ1) is 16.8. The second-order valence-corrected chi connectivity index (χ2v) is 6.82. The van der Waals surface area contributed by atoms with Crippen LogP contribution in [0.15, 0.2) is 24.3 Å². The molecule has 1 N–H and O–H groups in total. The summed E-state index contributed by atoms with van der Waals surface area (Å²) < 4.78 is 0. The number of benzene rings is 1. The summed E-state index contributed by atoms with van der Waals surface area (Å²) in [5.74, 6) is 0.313. The molecular weight excluding hydrogens is 304 g/mol. The van der Waals surface area contributed by atoms with Crippen molar-refractivity contribution in [3.63, 3.8) is 0 Å². The molecule has 2 amide bonds. The second-order valence-electron chi connectivity index (χ2n) is 6.82. The Morgan fingerprint density at radius 1 is 0.875 bits per heavy atom. The molecule has 3 rings (SSSR count). The first-order chi connectivity index (χ1) is 11.7. The molecule has 130 valence electrons. The van der Waals surface area contributed by atoms with Crippen molar-refractivity contribution in [3.8, 4) is 5.75 Å². The van der Waals surface area contributed by atoms with Crippen LogP contribution in [0.5, 0.6) is 5.75 Å². The molecule has 2 fully saturated rings. The number of carbonyl (C=O) groups excluding carboxylic acids is 2. The van der Waals surface area contributed by atoms with E-state index in [1.807, 2.05) is 4.90 Å². The van der Waals surface area contributed by atoms with Gasteiger partial charge in [-0.1, -0.05) is 31.4 Å². The number of carbonyl (C=O) groups is 2. The standard InChI is InChI=1S/C19H26N2O3/c22-17-10-5-4-9-16(17)19(24)21-12-6-11-20(13-14-21)18(23)15-7-2-1-3-8-15/h4-5,9-10,15,22H,1-3,6-8,11-14H2. The molecule has 1 saturated carbocycles. The van der Waals surface area contributed by atoms with Crippen molar-refractivity contribution in [2.24, 2.45) is 5.92 Å². The van der Waals surface area contributed by atoms with Gasteiger partial charge in [-0.15, -0.1) is 0 Å². The lowest BCUT2D eigenvalue weighted by Crippen LogP contribution is -2.40. The molecule has 1 aliphatic carbocycles. The van der Waals surface area contributed by atoms with Crippen LogP contribution in [-0.2, 0) is 4.79 Å². The Labute approximate surface area is 143 Å². The third kappa shape index (κ3) is 3.71. The fourth-order valence-electron chi connectivity index (χ4n) is 3.77. The summed E-state index contributed by atoms with van der Waals surface area (Å²) in [5.41, 5.74) is 0.338. The third-order valence-electron chi connectivity index (χ3n) is 5.18. The topological polar surface area (TPSA) is 60.9 Å². The molecular formula is C19H26N2O3. The molecule has 0 spiro atoms. The van der Waals surface area contributed by atoms with E-state index >= 15 is 0 Å². The monoisotopic (exact) mass is 330 g/mol. The van der Waals surface area contributed by atoms with Gasteiger partial charge in [0.15, 0.2) is 0 Å². The summed E-state index contributed by atoms with van der Waals surface area (Å²) in [5, 5.41) is 9.88. The minimum atomic E-state index is -0.153. The molecule has 0 bridgehead atoms. The van der Waals surface area contributed by atoms with Gasteiger partial charge < -0.3 is 14.9 Å². The molecule has 5 nitrogen and oxygen atoms in total. The van der Waals surface area contributed by atoms with Crippen LogP contribution in [0.25, 0.3) is 0 Å². The van der Waals surface area contributed by atoms with Crippen LogP contribution in [-0.4, -0.2) is 52.9 Å². The zero-order valence-electron chi connectivity index (χ0n) is 14.1. The van der Waals surface area contributed by atoms with Crippen molar-refractivity contribution in [2.75, 3.05) is 26.2 Å². The highest BCUT2D eigenvalue weighted by Crippen LogP contribution is 2.26. The SMILES string of the molecule is O=C(c1ccccc1O)N1CCCN(C(=O)C2CCCCC2)CC1. The van der Waals surface area contributed by atoms with Crippen LogP contribution in [0.3, 0.4) is 0 Å². The van der Waals surface area contributed by atoms with Crippen molar-refractivity contribution >= 4 is 11.8 Å². The van der Waals surface area contributed by atoms with Gasteiger partial charge in [0.2, 0.25) is 5.91 Å². The van der Waals surface area contributed by atoms with Crippen LogP contribution < -0.4 is 0 Å². The molecule has 1 heterocycles. The van der Waals surface area contributed by atoms with Crippen LogP contribution >= 0.6 is 0 Å². The molecule has 5 heteroatoms. The molecule has 2 aliphatic rings. The van der Waals surface area contributed by atoms with E-state index in [1.165, 1.54) is 12.5 Å². The second kappa shape index (κ2) is 7.69. The lowest BCUT2D eigenvalue weighted by molar-refractivity contribution is -0.136. The molecule has 1 aromatic carbocycles. The van der Waals surface area contributed by atoms with E-state index in [0.717, 1.165) is 38.6 Å². The average Bonchev–Trinajstić information content (AvgIpc) is 2.88. The molecule has 0 aromatic heterocycles. The summed E-state index contributed by atoms with van der Waals surface area (Å²) >= 11 is 0. The third-order valence-corrected chi connectivity index (χ3v) is 5.18. The van der Waals surface area contributed by atoms with Gasteiger partial charge in [0, 0.05) is 32.1 Å². The van der Waals surface area contributed by atoms with Gasteiger partial charge in [0.25, 0.3) is 5.91 Å². The number of phenols is 1. The minimum Gasteiger partial charge on any atom is -0.507 e. The summed E-state index contributed by atoms with van der Waals surface area (Å²) in [6.45, 7) is 2.47.